The zero-order valence-electron chi connectivity index (χ0n) is 13.6. The summed E-state index contributed by atoms with van der Waals surface area (Å²) in [5, 5.41) is 13.0. The van der Waals surface area contributed by atoms with Crippen LogP contribution >= 0.6 is 11.8 Å². The SMILES string of the molecule is Cc1cc(F)c(NC(=O)c2cc(F)ccc2[N+](=O)[O-])cc1SCC(F)(F)F. The average molecular weight is 406 g/mol. The molecule has 0 aliphatic heterocycles. The molecule has 0 atom stereocenters. The number of rotatable bonds is 5. The smallest absolute Gasteiger partial charge is 0.319 e. The van der Waals surface area contributed by atoms with E-state index in [1.807, 2.05) is 5.32 Å². The van der Waals surface area contributed by atoms with Crippen LogP contribution in [0.5, 0.6) is 0 Å². The lowest BCUT2D eigenvalue weighted by atomic mass is 10.1. The quantitative estimate of drug-likeness (QED) is 0.325. The predicted octanol–water partition coefficient (Wildman–Crippen LogP) is 5.09. The number of halogens is 5. The maximum absolute atomic E-state index is 14.1. The first-order valence-corrected chi connectivity index (χ1v) is 8.21. The Morgan fingerprint density at radius 2 is 1.89 bits per heavy atom. The van der Waals surface area contributed by atoms with Crippen molar-refractivity contribution in [2.45, 2.75) is 18.0 Å². The third-order valence-corrected chi connectivity index (χ3v) is 4.53. The standard InChI is InChI=1S/C16H11F5N2O3S/c1-8-4-11(18)12(6-14(8)27-7-16(19,20)21)22-15(24)10-5-9(17)2-3-13(10)23(25)26/h2-6H,7H2,1H3,(H,22,24). The highest BCUT2D eigenvalue weighted by Gasteiger charge is 2.28. The molecule has 1 N–H and O–H groups in total. The summed E-state index contributed by atoms with van der Waals surface area (Å²) < 4.78 is 64.5. The van der Waals surface area contributed by atoms with E-state index in [1.54, 1.807) is 0 Å². The summed E-state index contributed by atoms with van der Waals surface area (Å²) in [6, 6.07) is 4.09. The van der Waals surface area contributed by atoms with Gasteiger partial charge in [0.2, 0.25) is 0 Å². The Morgan fingerprint density at radius 1 is 1.22 bits per heavy atom. The van der Waals surface area contributed by atoms with Gasteiger partial charge in [-0.1, -0.05) is 0 Å². The minimum absolute atomic E-state index is 0.0674. The second-order valence-electron chi connectivity index (χ2n) is 5.37. The van der Waals surface area contributed by atoms with Crippen LogP contribution in [-0.4, -0.2) is 22.8 Å². The van der Waals surface area contributed by atoms with E-state index in [-0.39, 0.29) is 10.5 Å². The number of nitro groups is 1. The molecule has 5 nitrogen and oxygen atoms in total. The highest BCUT2D eigenvalue weighted by atomic mass is 32.2. The maximum Gasteiger partial charge on any atom is 0.398 e. The third kappa shape index (κ3) is 5.39. The van der Waals surface area contributed by atoms with Gasteiger partial charge in [-0.25, -0.2) is 8.78 Å². The molecular formula is C16H11F5N2O3S. The minimum Gasteiger partial charge on any atom is -0.319 e. The average Bonchev–Trinajstić information content (AvgIpc) is 2.54. The van der Waals surface area contributed by atoms with Crippen LogP contribution in [0.1, 0.15) is 15.9 Å². The summed E-state index contributed by atoms with van der Waals surface area (Å²) in [4.78, 5) is 22.3. The van der Waals surface area contributed by atoms with Crippen molar-refractivity contribution in [2.75, 3.05) is 11.1 Å². The number of thioether (sulfide) groups is 1. The van der Waals surface area contributed by atoms with Gasteiger partial charge in [0.25, 0.3) is 11.6 Å². The van der Waals surface area contributed by atoms with Gasteiger partial charge in [0, 0.05) is 11.0 Å². The fourth-order valence-electron chi connectivity index (χ4n) is 2.10. The highest BCUT2D eigenvalue weighted by Crippen LogP contribution is 2.33. The summed E-state index contributed by atoms with van der Waals surface area (Å²) in [7, 11) is 0. The molecule has 0 radical (unpaired) electrons. The lowest BCUT2D eigenvalue weighted by Crippen LogP contribution is -2.15. The monoisotopic (exact) mass is 406 g/mol. The largest absolute Gasteiger partial charge is 0.398 e. The van der Waals surface area contributed by atoms with E-state index < -0.39 is 51.3 Å². The van der Waals surface area contributed by atoms with Crippen molar-refractivity contribution in [1.82, 2.24) is 0 Å². The fourth-order valence-corrected chi connectivity index (χ4v) is 2.91. The number of amides is 1. The van der Waals surface area contributed by atoms with Crippen molar-refractivity contribution in [3.8, 4) is 0 Å². The van der Waals surface area contributed by atoms with Crippen LogP contribution in [0.3, 0.4) is 0 Å². The molecule has 27 heavy (non-hydrogen) atoms. The zero-order chi connectivity index (χ0) is 20.4. The molecule has 144 valence electrons. The second-order valence-corrected chi connectivity index (χ2v) is 6.39. The van der Waals surface area contributed by atoms with Crippen LogP contribution in [0, 0.1) is 28.7 Å². The van der Waals surface area contributed by atoms with Crippen LogP contribution in [0.4, 0.5) is 33.3 Å². The molecule has 0 aliphatic carbocycles. The van der Waals surface area contributed by atoms with Crippen molar-refractivity contribution >= 4 is 29.0 Å². The van der Waals surface area contributed by atoms with Crippen LogP contribution in [0.25, 0.3) is 0 Å². The topological polar surface area (TPSA) is 72.2 Å². The molecule has 0 unspecified atom stereocenters. The predicted molar refractivity (Wildman–Crippen MR) is 88.9 cm³/mol. The van der Waals surface area contributed by atoms with Crippen molar-refractivity contribution in [1.29, 1.82) is 0 Å². The first-order chi connectivity index (χ1) is 12.5. The summed E-state index contributed by atoms with van der Waals surface area (Å²) in [6.07, 6.45) is -4.45. The maximum atomic E-state index is 14.1. The van der Waals surface area contributed by atoms with Gasteiger partial charge in [-0.05, 0) is 36.8 Å². The number of hydrogen-bond acceptors (Lipinski definition) is 4. The number of benzene rings is 2. The molecule has 2 rings (SSSR count). The van der Waals surface area contributed by atoms with Crippen molar-refractivity contribution in [3.63, 3.8) is 0 Å². The van der Waals surface area contributed by atoms with Gasteiger partial charge in [-0.2, -0.15) is 13.2 Å². The molecular weight excluding hydrogens is 395 g/mol. The van der Waals surface area contributed by atoms with E-state index in [9.17, 15) is 36.9 Å². The Kier molecular flexibility index (Phi) is 6.04. The Hall–Kier alpha value is -2.69. The van der Waals surface area contributed by atoms with Gasteiger partial charge in [0.15, 0.2) is 0 Å². The summed E-state index contributed by atoms with van der Waals surface area (Å²) in [5.74, 6) is -4.26. The summed E-state index contributed by atoms with van der Waals surface area (Å²) in [6.45, 7) is 1.39. The van der Waals surface area contributed by atoms with Gasteiger partial charge in [0.05, 0.1) is 16.4 Å². The summed E-state index contributed by atoms with van der Waals surface area (Å²) >= 11 is 0.399. The normalized spacial score (nSPS) is 11.3. The number of anilines is 1. The van der Waals surface area contributed by atoms with Gasteiger partial charge in [-0.15, -0.1) is 11.8 Å². The van der Waals surface area contributed by atoms with E-state index in [2.05, 4.69) is 0 Å². The lowest BCUT2D eigenvalue weighted by Gasteiger charge is -2.12. The molecule has 1 amide bonds. The van der Waals surface area contributed by atoms with E-state index in [1.165, 1.54) is 6.92 Å². The number of nitro benzene ring substituents is 1. The van der Waals surface area contributed by atoms with Crippen LogP contribution in [0.2, 0.25) is 0 Å². The van der Waals surface area contributed by atoms with E-state index >= 15 is 0 Å². The second kappa shape index (κ2) is 7.91. The number of aryl methyl sites for hydroxylation is 1. The van der Waals surface area contributed by atoms with Crippen molar-refractivity contribution in [2.24, 2.45) is 0 Å². The van der Waals surface area contributed by atoms with Gasteiger partial charge in [0.1, 0.15) is 17.2 Å². The number of alkyl halides is 3. The molecule has 0 saturated heterocycles. The molecule has 0 saturated carbocycles. The number of carbonyl (C=O) groups is 1. The molecule has 2 aromatic carbocycles. The molecule has 0 aromatic heterocycles. The number of carbonyl (C=O) groups excluding carboxylic acids is 1. The molecule has 0 bridgehead atoms. The van der Waals surface area contributed by atoms with Gasteiger partial charge < -0.3 is 5.32 Å². The van der Waals surface area contributed by atoms with E-state index in [0.717, 1.165) is 24.3 Å². The molecule has 0 aliphatic rings. The zero-order valence-corrected chi connectivity index (χ0v) is 14.4. The van der Waals surface area contributed by atoms with Crippen LogP contribution in [0.15, 0.2) is 35.2 Å². The molecule has 2 aromatic rings. The lowest BCUT2D eigenvalue weighted by molar-refractivity contribution is -0.385. The van der Waals surface area contributed by atoms with Crippen molar-refractivity contribution < 1.29 is 31.7 Å². The van der Waals surface area contributed by atoms with Crippen LogP contribution < -0.4 is 5.32 Å². The molecule has 0 spiro atoms. The van der Waals surface area contributed by atoms with Crippen molar-refractivity contribution in [3.05, 3.63) is 63.2 Å². The van der Waals surface area contributed by atoms with E-state index in [4.69, 9.17) is 0 Å². The number of hydrogen-bond donors (Lipinski definition) is 1. The number of nitrogens with zero attached hydrogens (tertiary/aromatic N) is 1. The van der Waals surface area contributed by atoms with E-state index in [0.29, 0.717) is 17.8 Å². The van der Waals surface area contributed by atoms with Gasteiger partial charge in [-0.3, -0.25) is 14.9 Å². The van der Waals surface area contributed by atoms with Crippen LogP contribution in [-0.2, 0) is 0 Å². The Bertz CT molecular complexity index is 902. The third-order valence-electron chi connectivity index (χ3n) is 3.30. The first-order valence-electron chi connectivity index (χ1n) is 7.23. The molecule has 0 fully saturated rings. The highest BCUT2D eigenvalue weighted by molar-refractivity contribution is 7.99. The fraction of sp³-hybridized carbons (Fsp3) is 0.188. The first kappa shape index (κ1) is 20.6. The molecule has 11 heteroatoms. The summed E-state index contributed by atoms with van der Waals surface area (Å²) in [5.41, 5.74) is -1.61. The molecule has 0 heterocycles. The van der Waals surface area contributed by atoms with Gasteiger partial charge >= 0.3 is 6.18 Å². The Labute approximate surface area is 153 Å². The Morgan fingerprint density at radius 3 is 2.48 bits per heavy atom. The Balaban J connectivity index is 2.33. The minimum atomic E-state index is -4.45. The number of nitrogens with one attached hydrogen (secondary N) is 1.